The Kier molecular flexibility index (Phi) is 5.88. The van der Waals surface area contributed by atoms with Crippen LogP contribution < -0.4 is 4.74 Å². The van der Waals surface area contributed by atoms with Crippen LogP contribution in [-0.2, 0) is 16.1 Å². The minimum absolute atomic E-state index is 0.253. The largest absolute Gasteiger partial charge is 0.489 e. The molecular formula is C24H17Cl2NO3. The topological polar surface area (TPSA) is 47.9 Å². The molecule has 4 rings (SSSR count). The van der Waals surface area contributed by atoms with Crippen LogP contribution in [0.15, 0.2) is 77.4 Å². The fourth-order valence-corrected chi connectivity index (χ4v) is 3.46. The Bertz CT molecular complexity index is 1150. The molecule has 3 aromatic carbocycles. The summed E-state index contributed by atoms with van der Waals surface area (Å²) in [6.45, 7) is 2.23. The van der Waals surface area contributed by atoms with Gasteiger partial charge in [0.05, 0.1) is 0 Å². The van der Waals surface area contributed by atoms with Crippen molar-refractivity contribution in [2.24, 2.45) is 4.99 Å². The molecule has 6 heteroatoms. The van der Waals surface area contributed by atoms with Crippen LogP contribution in [0.1, 0.15) is 22.3 Å². The first kappa shape index (κ1) is 20.2. The highest BCUT2D eigenvalue weighted by atomic mass is 35.5. The molecule has 0 saturated heterocycles. The van der Waals surface area contributed by atoms with Crippen LogP contribution in [0, 0.1) is 6.92 Å². The number of esters is 1. The van der Waals surface area contributed by atoms with E-state index in [4.69, 9.17) is 32.7 Å². The Morgan fingerprint density at radius 3 is 2.40 bits per heavy atom. The van der Waals surface area contributed by atoms with E-state index in [1.165, 1.54) is 0 Å². The average molecular weight is 438 g/mol. The van der Waals surface area contributed by atoms with E-state index in [0.29, 0.717) is 21.7 Å². The van der Waals surface area contributed by atoms with Crippen molar-refractivity contribution >= 4 is 41.1 Å². The zero-order valence-electron chi connectivity index (χ0n) is 16.1. The van der Waals surface area contributed by atoms with Crippen molar-refractivity contribution in [1.29, 1.82) is 0 Å². The van der Waals surface area contributed by atoms with Crippen molar-refractivity contribution in [3.8, 4) is 5.75 Å². The van der Waals surface area contributed by atoms with Crippen LogP contribution in [0.4, 0.5) is 0 Å². The fourth-order valence-electron chi connectivity index (χ4n) is 2.95. The van der Waals surface area contributed by atoms with Gasteiger partial charge < -0.3 is 9.47 Å². The standard InChI is InChI=1S/C24H17Cl2NO3/c1-15-4-2-5-17(12-15)23-27-22(24(28)30-23)13-16-8-10-18(11-9-16)29-14-19-20(25)6-3-7-21(19)26/h2-13H,14H2,1H3/b22-13+. The molecule has 0 N–H and O–H groups in total. The maximum Gasteiger partial charge on any atom is 0.363 e. The molecule has 150 valence electrons. The maximum absolute atomic E-state index is 12.2. The predicted molar refractivity (Wildman–Crippen MR) is 119 cm³/mol. The number of ether oxygens (including phenoxy) is 2. The van der Waals surface area contributed by atoms with E-state index >= 15 is 0 Å². The van der Waals surface area contributed by atoms with E-state index in [0.717, 1.165) is 22.3 Å². The number of rotatable bonds is 5. The molecule has 0 aromatic heterocycles. The van der Waals surface area contributed by atoms with Crippen LogP contribution in [0.3, 0.4) is 0 Å². The molecule has 1 heterocycles. The molecule has 1 aliphatic heterocycles. The second kappa shape index (κ2) is 8.74. The van der Waals surface area contributed by atoms with Crippen LogP contribution in [0.25, 0.3) is 6.08 Å². The van der Waals surface area contributed by atoms with Gasteiger partial charge in [-0.3, -0.25) is 0 Å². The smallest absolute Gasteiger partial charge is 0.363 e. The minimum atomic E-state index is -0.472. The van der Waals surface area contributed by atoms with E-state index in [-0.39, 0.29) is 12.3 Å². The maximum atomic E-state index is 12.2. The molecule has 1 aliphatic rings. The summed E-state index contributed by atoms with van der Waals surface area (Å²) in [5, 5.41) is 1.12. The van der Waals surface area contributed by atoms with Crippen LogP contribution in [0.5, 0.6) is 5.75 Å². The summed E-state index contributed by atoms with van der Waals surface area (Å²) in [6.07, 6.45) is 1.68. The number of carbonyl (C=O) groups excluding carboxylic acids is 1. The predicted octanol–water partition coefficient (Wildman–Crippen LogP) is 6.23. The minimum Gasteiger partial charge on any atom is -0.489 e. The van der Waals surface area contributed by atoms with Gasteiger partial charge in [0.25, 0.3) is 0 Å². The molecule has 0 saturated carbocycles. The molecular weight excluding hydrogens is 421 g/mol. The molecule has 0 bridgehead atoms. The van der Waals surface area contributed by atoms with Gasteiger partial charge in [0.15, 0.2) is 5.70 Å². The second-order valence-electron chi connectivity index (χ2n) is 6.76. The molecule has 0 spiro atoms. The summed E-state index contributed by atoms with van der Waals surface area (Å²) in [4.78, 5) is 16.5. The molecule has 30 heavy (non-hydrogen) atoms. The van der Waals surface area contributed by atoms with Crippen molar-refractivity contribution in [3.63, 3.8) is 0 Å². The monoisotopic (exact) mass is 437 g/mol. The lowest BCUT2D eigenvalue weighted by molar-refractivity contribution is -0.129. The van der Waals surface area contributed by atoms with Crippen molar-refractivity contribution in [2.45, 2.75) is 13.5 Å². The summed E-state index contributed by atoms with van der Waals surface area (Å²) in [5.74, 6) is 0.498. The van der Waals surface area contributed by atoms with Gasteiger partial charge in [-0.05, 0) is 55.0 Å². The lowest BCUT2D eigenvalue weighted by Crippen LogP contribution is -2.05. The van der Waals surface area contributed by atoms with Crippen molar-refractivity contribution in [2.75, 3.05) is 0 Å². The quantitative estimate of drug-likeness (QED) is 0.351. The highest BCUT2D eigenvalue weighted by molar-refractivity contribution is 6.35. The molecule has 0 unspecified atom stereocenters. The van der Waals surface area contributed by atoms with Gasteiger partial charge in [-0.25, -0.2) is 9.79 Å². The normalized spacial score (nSPS) is 14.6. The number of aliphatic imine (C=N–C) groups is 1. The number of aryl methyl sites for hydroxylation is 1. The molecule has 0 amide bonds. The Morgan fingerprint density at radius 1 is 1.00 bits per heavy atom. The number of hydrogen-bond donors (Lipinski definition) is 0. The number of halogens is 2. The van der Waals surface area contributed by atoms with Gasteiger partial charge >= 0.3 is 5.97 Å². The molecule has 0 aliphatic carbocycles. The fraction of sp³-hybridized carbons (Fsp3) is 0.0833. The summed E-state index contributed by atoms with van der Waals surface area (Å²) < 4.78 is 11.1. The SMILES string of the molecule is Cc1cccc(C2=N/C(=C/c3ccc(OCc4c(Cl)cccc4Cl)cc3)C(=O)O2)c1. The molecule has 0 fully saturated rings. The lowest BCUT2D eigenvalue weighted by Gasteiger charge is -2.09. The molecule has 4 nitrogen and oxygen atoms in total. The molecule has 0 radical (unpaired) electrons. The zero-order chi connectivity index (χ0) is 21.1. The van der Waals surface area contributed by atoms with Crippen molar-refractivity contribution < 1.29 is 14.3 Å². The Hall–Kier alpha value is -3.08. The van der Waals surface area contributed by atoms with Crippen molar-refractivity contribution in [1.82, 2.24) is 0 Å². The number of nitrogens with zero attached hydrogens (tertiary/aromatic N) is 1. The Labute approximate surface area is 184 Å². The van der Waals surface area contributed by atoms with E-state index in [1.807, 2.05) is 55.5 Å². The lowest BCUT2D eigenvalue weighted by atomic mass is 10.1. The summed E-state index contributed by atoms with van der Waals surface area (Å²) in [7, 11) is 0. The van der Waals surface area contributed by atoms with Crippen molar-refractivity contribution in [3.05, 3.63) is 105 Å². The van der Waals surface area contributed by atoms with E-state index in [1.54, 1.807) is 24.3 Å². The third-order valence-electron chi connectivity index (χ3n) is 4.51. The van der Waals surface area contributed by atoms with E-state index in [2.05, 4.69) is 4.99 Å². The summed E-state index contributed by atoms with van der Waals surface area (Å²) in [5.41, 5.74) is 3.63. The van der Waals surface area contributed by atoms with Gasteiger partial charge in [-0.1, -0.05) is 59.1 Å². The second-order valence-corrected chi connectivity index (χ2v) is 7.58. The molecule has 0 atom stereocenters. The number of hydrogen-bond acceptors (Lipinski definition) is 4. The number of cyclic esters (lactones) is 1. The Morgan fingerprint density at radius 2 is 1.70 bits per heavy atom. The first-order chi connectivity index (χ1) is 14.5. The first-order valence-electron chi connectivity index (χ1n) is 9.25. The number of carbonyl (C=O) groups is 1. The number of benzene rings is 3. The van der Waals surface area contributed by atoms with Gasteiger partial charge in [-0.2, -0.15) is 0 Å². The van der Waals surface area contributed by atoms with Gasteiger partial charge in [0.1, 0.15) is 12.4 Å². The van der Waals surface area contributed by atoms with Crippen LogP contribution in [-0.4, -0.2) is 11.9 Å². The van der Waals surface area contributed by atoms with Crippen LogP contribution in [0.2, 0.25) is 10.0 Å². The van der Waals surface area contributed by atoms with Gasteiger partial charge in [0.2, 0.25) is 5.90 Å². The van der Waals surface area contributed by atoms with Gasteiger partial charge in [-0.15, -0.1) is 0 Å². The van der Waals surface area contributed by atoms with Gasteiger partial charge in [0, 0.05) is 21.2 Å². The third kappa shape index (κ3) is 4.56. The highest BCUT2D eigenvalue weighted by Gasteiger charge is 2.24. The third-order valence-corrected chi connectivity index (χ3v) is 5.22. The average Bonchev–Trinajstić information content (AvgIpc) is 3.09. The van der Waals surface area contributed by atoms with Crippen LogP contribution >= 0.6 is 23.2 Å². The summed E-state index contributed by atoms with van der Waals surface area (Å²) in [6, 6.07) is 20.3. The zero-order valence-corrected chi connectivity index (χ0v) is 17.6. The summed E-state index contributed by atoms with van der Waals surface area (Å²) >= 11 is 12.3. The molecule has 3 aromatic rings. The van der Waals surface area contributed by atoms with E-state index < -0.39 is 5.97 Å². The van der Waals surface area contributed by atoms with E-state index in [9.17, 15) is 4.79 Å². The first-order valence-corrected chi connectivity index (χ1v) is 10.0. The highest BCUT2D eigenvalue weighted by Crippen LogP contribution is 2.26. The Balaban J connectivity index is 1.47.